The molecule has 0 aliphatic heterocycles. The van der Waals surface area contributed by atoms with Crippen molar-refractivity contribution in [3.05, 3.63) is 131 Å². The molecule has 6 aromatic rings. The van der Waals surface area contributed by atoms with E-state index in [2.05, 4.69) is 22.1 Å². The number of rotatable bonds is 6. The number of hydrogen-bond donors (Lipinski definition) is 0. The van der Waals surface area contributed by atoms with Gasteiger partial charge in [0.15, 0.2) is 0 Å². The van der Waals surface area contributed by atoms with Crippen LogP contribution in [0.1, 0.15) is 48.0 Å². The smallest absolute Gasteiger partial charge is 0.319 e. The topological polar surface area (TPSA) is 61.4 Å². The largest absolute Gasteiger partial charge is 2.00 e. The monoisotopic (exact) mass is 803 g/mol. The zero-order valence-corrected chi connectivity index (χ0v) is 28.1. The van der Waals surface area contributed by atoms with Gasteiger partial charge in [0, 0.05) is 51.0 Å². The minimum absolute atomic E-state index is 0. The fourth-order valence-corrected chi connectivity index (χ4v) is 5.58. The van der Waals surface area contributed by atoms with Crippen molar-refractivity contribution in [2.45, 2.75) is 47.0 Å². The molecular formula is C35H28F4N6Pt. The molecule has 0 saturated carbocycles. The van der Waals surface area contributed by atoms with Gasteiger partial charge in [0.05, 0.1) is 0 Å². The molecule has 6 rings (SSSR count). The summed E-state index contributed by atoms with van der Waals surface area (Å²) in [6, 6.07) is 22.2. The van der Waals surface area contributed by atoms with E-state index < -0.39 is 29.2 Å². The average Bonchev–Trinajstić information content (AvgIpc) is 3.51. The minimum atomic E-state index is -1.04. The maximum Gasteiger partial charge on any atom is 2.00 e. The van der Waals surface area contributed by atoms with Gasteiger partial charge in [-0.25, -0.2) is 17.6 Å². The molecule has 6 nitrogen and oxygen atoms in total. The molecule has 0 aliphatic rings. The van der Waals surface area contributed by atoms with Crippen molar-refractivity contribution in [3.8, 4) is 33.9 Å². The number of aromatic nitrogens is 6. The van der Waals surface area contributed by atoms with Crippen LogP contribution in [0.25, 0.3) is 33.9 Å². The van der Waals surface area contributed by atoms with Crippen LogP contribution in [0.3, 0.4) is 0 Å². The summed E-state index contributed by atoms with van der Waals surface area (Å²) < 4.78 is 61.4. The predicted molar refractivity (Wildman–Crippen MR) is 162 cm³/mol. The van der Waals surface area contributed by atoms with E-state index in [0.29, 0.717) is 22.8 Å². The first kappa shape index (κ1) is 32.9. The predicted octanol–water partition coefficient (Wildman–Crippen LogP) is 7.90. The third kappa shape index (κ3) is 5.94. The van der Waals surface area contributed by atoms with Gasteiger partial charge in [-0.1, -0.05) is 35.4 Å². The number of nitrogens with zero attached hydrogens (tertiary/aromatic N) is 6. The Balaban J connectivity index is 0.00000417. The van der Waals surface area contributed by atoms with E-state index in [1.807, 2.05) is 87.1 Å². The van der Waals surface area contributed by atoms with Gasteiger partial charge in [-0.05, 0) is 89.3 Å². The van der Waals surface area contributed by atoms with Crippen molar-refractivity contribution in [2.75, 3.05) is 0 Å². The van der Waals surface area contributed by atoms with Gasteiger partial charge < -0.3 is 19.1 Å². The summed E-state index contributed by atoms with van der Waals surface area (Å²) in [4.78, 5) is 16.4. The molecule has 6 heterocycles. The van der Waals surface area contributed by atoms with E-state index in [9.17, 15) is 17.6 Å². The Labute approximate surface area is 278 Å². The van der Waals surface area contributed by atoms with Crippen LogP contribution in [-0.2, 0) is 26.5 Å². The SMILES string of the molecule is Cc1ccc(C)n1-c1cc(-c2[c-]cc(F)nc2F)nc(C(C)(C)c2cc(-n3c(C)ccc3C)cc(-c3[c-]cc(F)nc3F)n2)c1.[Pt+2]. The normalized spacial score (nSPS) is 11.5. The summed E-state index contributed by atoms with van der Waals surface area (Å²) in [5.74, 6) is -4.07. The van der Waals surface area contributed by atoms with E-state index in [1.54, 1.807) is 12.1 Å². The van der Waals surface area contributed by atoms with Crippen molar-refractivity contribution >= 4 is 0 Å². The quantitative estimate of drug-likeness (QED) is 0.0977. The van der Waals surface area contributed by atoms with E-state index in [0.717, 1.165) is 34.9 Å². The van der Waals surface area contributed by atoms with Crippen molar-refractivity contribution in [1.29, 1.82) is 0 Å². The van der Waals surface area contributed by atoms with Crippen LogP contribution in [0.15, 0.2) is 60.7 Å². The molecule has 0 N–H and O–H groups in total. The second kappa shape index (κ2) is 12.4. The first-order valence-electron chi connectivity index (χ1n) is 14.2. The molecule has 0 bridgehead atoms. The second-order valence-corrected chi connectivity index (χ2v) is 11.5. The van der Waals surface area contributed by atoms with Crippen LogP contribution in [0.5, 0.6) is 0 Å². The summed E-state index contributed by atoms with van der Waals surface area (Å²) in [5, 5.41) is 0. The van der Waals surface area contributed by atoms with Gasteiger partial charge in [0.2, 0.25) is 0 Å². The van der Waals surface area contributed by atoms with Gasteiger partial charge in [-0.2, -0.15) is 0 Å². The molecular weight excluding hydrogens is 775 g/mol. The van der Waals surface area contributed by atoms with Gasteiger partial charge in [-0.3, -0.25) is 9.97 Å². The fraction of sp³-hybridized carbons (Fsp3) is 0.200. The zero-order valence-electron chi connectivity index (χ0n) is 25.8. The molecule has 0 aliphatic carbocycles. The van der Waals surface area contributed by atoms with Crippen molar-refractivity contribution in [2.24, 2.45) is 0 Å². The molecule has 0 aromatic carbocycles. The maximum absolute atomic E-state index is 15.0. The summed E-state index contributed by atoms with van der Waals surface area (Å²) in [5.41, 5.74) is 5.37. The fourth-order valence-electron chi connectivity index (χ4n) is 5.58. The number of aryl methyl sites for hydroxylation is 4. The van der Waals surface area contributed by atoms with Crippen LogP contribution in [0, 0.1) is 63.6 Å². The Bertz CT molecular complexity index is 1910. The number of pyridine rings is 4. The molecule has 46 heavy (non-hydrogen) atoms. The van der Waals surface area contributed by atoms with E-state index in [1.165, 1.54) is 0 Å². The Hall–Kier alpha value is -4.43. The molecule has 0 fully saturated rings. The second-order valence-electron chi connectivity index (χ2n) is 11.5. The molecule has 0 spiro atoms. The van der Waals surface area contributed by atoms with Crippen LogP contribution in [0.4, 0.5) is 17.6 Å². The molecule has 0 atom stereocenters. The standard InChI is InChI=1S/C35H28F4N6.Pt/c1-19-7-8-20(2)44(19)23-15-27(25-11-13-31(36)42-33(25)38)40-29(17-23)35(5,6)30-18-24(45-21(3)9-10-22(45)4)16-28(41-30)26-12-14-32(37)43-34(26)39;/h7-10,13-18H,1-6H3;/q-2;+2. The molecule has 0 unspecified atom stereocenters. The average molecular weight is 804 g/mol. The molecule has 0 saturated heterocycles. The first-order valence-corrected chi connectivity index (χ1v) is 14.2. The molecule has 6 aromatic heterocycles. The van der Waals surface area contributed by atoms with Crippen LogP contribution < -0.4 is 0 Å². The van der Waals surface area contributed by atoms with Gasteiger partial charge in [0.1, 0.15) is 23.8 Å². The molecule has 0 radical (unpaired) electrons. The third-order valence-corrected chi connectivity index (χ3v) is 7.97. The van der Waals surface area contributed by atoms with Gasteiger partial charge >= 0.3 is 21.1 Å². The number of hydrogen-bond acceptors (Lipinski definition) is 4. The van der Waals surface area contributed by atoms with Crippen LogP contribution >= 0.6 is 0 Å². The minimum Gasteiger partial charge on any atom is -0.319 e. The summed E-state index contributed by atoms with van der Waals surface area (Å²) in [7, 11) is 0. The van der Waals surface area contributed by atoms with Gasteiger partial charge in [-0.15, -0.1) is 12.1 Å². The summed E-state index contributed by atoms with van der Waals surface area (Å²) in [6.07, 6.45) is 0. The maximum atomic E-state index is 15.0. The van der Waals surface area contributed by atoms with Crippen LogP contribution in [-0.4, -0.2) is 29.1 Å². The van der Waals surface area contributed by atoms with Crippen molar-refractivity contribution < 1.29 is 38.6 Å². The third-order valence-electron chi connectivity index (χ3n) is 7.97. The Kier molecular flexibility index (Phi) is 8.88. The van der Waals surface area contributed by atoms with E-state index in [4.69, 9.17) is 9.97 Å². The van der Waals surface area contributed by atoms with E-state index >= 15 is 0 Å². The Morgan fingerprint density at radius 2 is 0.913 bits per heavy atom. The molecule has 236 valence electrons. The molecule has 0 amide bonds. The molecule has 11 heteroatoms. The Morgan fingerprint density at radius 1 is 0.565 bits per heavy atom. The van der Waals surface area contributed by atoms with Crippen molar-refractivity contribution in [3.63, 3.8) is 0 Å². The first-order chi connectivity index (χ1) is 21.3. The van der Waals surface area contributed by atoms with Gasteiger partial charge in [0.25, 0.3) is 0 Å². The summed E-state index contributed by atoms with van der Waals surface area (Å²) >= 11 is 0. The number of halogens is 4. The van der Waals surface area contributed by atoms with E-state index in [-0.39, 0.29) is 43.6 Å². The summed E-state index contributed by atoms with van der Waals surface area (Å²) in [6.45, 7) is 11.6. The van der Waals surface area contributed by atoms with Crippen molar-refractivity contribution in [1.82, 2.24) is 29.1 Å². The Morgan fingerprint density at radius 3 is 1.24 bits per heavy atom. The zero-order chi connectivity index (χ0) is 32.2. The van der Waals surface area contributed by atoms with Crippen LogP contribution in [0.2, 0.25) is 0 Å².